The lowest BCUT2D eigenvalue weighted by Gasteiger charge is -2.30. The standard InChI is InChI=1S/C5H9FO4/c6-5-4(9)3(8)2(7)1-10-5/h2-5,7-9H,1H2/t2-,3+,4+,5?/m1/s1. The summed E-state index contributed by atoms with van der Waals surface area (Å²) in [6.07, 6.45) is -6.16. The average Bonchev–Trinajstić information content (AvgIpc) is 1.93. The predicted molar refractivity (Wildman–Crippen MR) is 28.9 cm³/mol. The molecule has 0 spiro atoms. The van der Waals surface area contributed by atoms with Crippen LogP contribution in [0.5, 0.6) is 0 Å². The van der Waals surface area contributed by atoms with Gasteiger partial charge in [0.25, 0.3) is 0 Å². The minimum Gasteiger partial charge on any atom is -0.388 e. The molecule has 1 heterocycles. The van der Waals surface area contributed by atoms with Gasteiger partial charge in [-0.2, -0.15) is 0 Å². The lowest BCUT2D eigenvalue weighted by molar-refractivity contribution is -0.224. The summed E-state index contributed by atoms with van der Waals surface area (Å²) in [7, 11) is 0. The predicted octanol–water partition coefficient (Wildman–Crippen LogP) is -1.61. The van der Waals surface area contributed by atoms with Crippen LogP contribution in [0.15, 0.2) is 0 Å². The number of aliphatic hydroxyl groups excluding tert-OH is 3. The second-order valence-electron chi connectivity index (χ2n) is 2.23. The van der Waals surface area contributed by atoms with Crippen LogP contribution in [-0.2, 0) is 4.74 Å². The summed E-state index contributed by atoms with van der Waals surface area (Å²) in [5, 5.41) is 26.3. The van der Waals surface area contributed by atoms with Crippen molar-refractivity contribution in [3.05, 3.63) is 0 Å². The third-order valence-corrected chi connectivity index (χ3v) is 1.44. The summed E-state index contributed by atoms with van der Waals surface area (Å²) in [6.45, 7) is -0.278. The highest BCUT2D eigenvalue weighted by atomic mass is 19.1. The Morgan fingerprint density at radius 1 is 1.20 bits per heavy atom. The zero-order chi connectivity index (χ0) is 7.72. The molecule has 5 heteroatoms. The van der Waals surface area contributed by atoms with Gasteiger partial charge in [-0.05, 0) is 0 Å². The summed E-state index contributed by atoms with van der Waals surface area (Å²) in [5.74, 6) is 0. The van der Waals surface area contributed by atoms with Crippen molar-refractivity contribution in [2.75, 3.05) is 6.61 Å². The first-order valence-electron chi connectivity index (χ1n) is 2.93. The summed E-state index contributed by atoms with van der Waals surface area (Å²) >= 11 is 0. The van der Waals surface area contributed by atoms with E-state index < -0.39 is 24.7 Å². The number of rotatable bonds is 0. The van der Waals surface area contributed by atoms with Gasteiger partial charge >= 0.3 is 0 Å². The molecule has 60 valence electrons. The van der Waals surface area contributed by atoms with Crippen molar-refractivity contribution in [3.8, 4) is 0 Å². The van der Waals surface area contributed by atoms with E-state index >= 15 is 0 Å². The zero-order valence-electron chi connectivity index (χ0n) is 5.14. The smallest absolute Gasteiger partial charge is 0.227 e. The first-order chi connectivity index (χ1) is 4.63. The van der Waals surface area contributed by atoms with E-state index in [2.05, 4.69) is 4.74 Å². The molecule has 1 aliphatic rings. The number of aliphatic hydroxyl groups is 3. The lowest BCUT2D eigenvalue weighted by atomic mass is 10.1. The maximum atomic E-state index is 12.3. The monoisotopic (exact) mass is 152 g/mol. The number of hydrogen-bond donors (Lipinski definition) is 3. The molecule has 0 aromatic rings. The summed E-state index contributed by atoms with van der Waals surface area (Å²) < 4.78 is 16.5. The topological polar surface area (TPSA) is 69.9 Å². The van der Waals surface area contributed by atoms with E-state index in [0.717, 1.165) is 0 Å². The van der Waals surface area contributed by atoms with Crippen molar-refractivity contribution in [1.82, 2.24) is 0 Å². The van der Waals surface area contributed by atoms with E-state index in [9.17, 15) is 4.39 Å². The van der Waals surface area contributed by atoms with E-state index in [0.29, 0.717) is 0 Å². The van der Waals surface area contributed by atoms with Gasteiger partial charge in [0, 0.05) is 0 Å². The second-order valence-corrected chi connectivity index (χ2v) is 2.23. The van der Waals surface area contributed by atoms with Crippen LogP contribution in [0.4, 0.5) is 4.39 Å². The van der Waals surface area contributed by atoms with E-state index in [1.807, 2.05) is 0 Å². The molecule has 1 unspecified atom stereocenters. The third-order valence-electron chi connectivity index (χ3n) is 1.44. The molecule has 0 aromatic heterocycles. The van der Waals surface area contributed by atoms with E-state index in [1.165, 1.54) is 0 Å². The maximum absolute atomic E-state index is 12.3. The third kappa shape index (κ3) is 1.27. The minimum atomic E-state index is -1.89. The average molecular weight is 152 g/mol. The zero-order valence-corrected chi connectivity index (χ0v) is 5.14. The van der Waals surface area contributed by atoms with Crippen LogP contribution in [0, 0.1) is 0 Å². The van der Waals surface area contributed by atoms with Crippen molar-refractivity contribution < 1.29 is 24.4 Å². The van der Waals surface area contributed by atoms with Gasteiger partial charge in [-0.3, -0.25) is 0 Å². The number of hydrogen-bond acceptors (Lipinski definition) is 4. The second kappa shape index (κ2) is 2.79. The van der Waals surface area contributed by atoms with Gasteiger partial charge in [-0.15, -0.1) is 0 Å². The highest BCUT2D eigenvalue weighted by molar-refractivity contribution is 4.81. The molecule has 4 atom stereocenters. The molecule has 0 saturated carbocycles. The van der Waals surface area contributed by atoms with Gasteiger partial charge in [0.15, 0.2) is 0 Å². The van der Waals surface area contributed by atoms with E-state index in [4.69, 9.17) is 15.3 Å². The normalized spacial score (nSPS) is 49.2. The largest absolute Gasteiger partial charge is 0.388 e. The van der Waals surface area contributed by atoms with Crippen molar-refractivity contribution in [3.63, 3.8) is 0 Å². The molecule has 1 rings (SSSR count). The Labute approximate surface area is 56.9 Å². The van der Waals surface area contributed by atoms with E-state index in [-0.39, 0.29) is 6.61 Å². The Balaban J connectivity index is 2.52. The van der Waals surface area contributed by atoms with Crippen LogP contribution in [0.25, 0.3) is 0 Å². The molecule has 0 amide bonds. The highest BCUT2D eigenvalue weighted by Gasteiger charge is 2.37. The van der Waals surface area contributed by atoms with Crippen LogP contribution < -0.4 is 0 Å². The number of halogens is 1. The minimum absolute atomic E-state index is 0.278. The molecular formula is C5H9FO4. The van der Waals surface area contributed by atoms with Crippen LogP contribution in [0.3, 0.4) is 0 Å². The number of alkyl halides is 1. The van der Waals surface area contributed by atoms with Crippen LogP contribution in [0.1, 0.15) is 0 Å². The van der Waals surface area contributed by atoms with Gasteiger partial charge in [-0.25, -0.2) is 4.39 Å². The van der Waals surface area contributed by atoms with Crippen molar-refractivity contribution in [1.29, 1.82) is 0 Å². The van der Waals surface area contributed by atoms with Gasteiger partial charge in [0.2, 0.25) is 6.36 Å². The van der Waals surface area contributed by atoms with Crippen molar-refractivity contribution in [2.45, 2.75) is 24.7 Å². The molecule has 10 heavy (non-hydrogen) atoms. The fourth-order valence-electron chi connectivity index (χ4n) is 0.770. The van der Waals surface area contributed by atoms with Gasteiger partial charge in [0.05, 0.1) is 6.61 Å². The van der Waals surface area contributed by atoms with Crippen LogP contribution >= 0.6 is 0 Å². The summed E-state index contributed by atoms with van der Waals surface area (Å²) in [4.78, 5) is 0. The molecule has 1 saturated heterocycles. The molecule has 4 nitrogen and oxygen atoms in total. The molecule has 0 bridgehead atoms. The highest BCUT2D eigenvalue weighted by Crippen LogP contribution is 2.15. The molecule has 0 aliphatic carbocycles. The molecule has 3 N–H and O–H groups in total. The molecule has 1 aliphatic heterocycles. The Kier molecular flexibility index (Phi) is 2.20. The maximum Gasteiger partial charge on any atom is 0.227 e. The molecule has 1 fully saturated rings. The fourth-order valence-corrected chi connectivity index (χ4v) is 0.770. The van der Waals surface area contributed by atoms with Gasteiger partial charge < -0.3 is 20.1 Å². The molecule has 0 radical (unpaired) electrons. The van der Waals surface area contributed by atoms with Gasteiger partial charge in [-0.1, -0.05) is 0 Å². The Morgan fingerprint density at radius 2 is 1.80 bits per heavy atom. The quantitative estimate of drug-likeness (QED) is 0.391. The Morgan fingerprint density at radius 3 is 2.30 bits per heavy atom. The summed E-state index contributed by atoms with van der Waals surface area (Å²) in [5.41, 5.74) is 0. The Bertz CT molecular complexity index is 106. The first kappa shape index (κ1) is 7.87. The van der Waals surface area contributed by atoms with Crippen molar-refractivity contribution >= 4 is 0 Å². The fraction of sp³-hybridized carbons (Fsp3) is 1.00. The van der Waals surface area contributed by atoms with Crippen LogP contribution in [-0.4, -0.2) is 46.6 Å². The lowest BCUT2D eigenvalue weighted by Crippen LogP contribution is -2.51. The van der Waals surface area contributed by atoms with Gasteiger partial charge in [0.1, 0.15) is 18.3 Å². The number of ether oxygens (including phenoxy) is 1. The Hall–Kier alpha value is -0.230. The molecule has 0 aromatic carbocycles. The van der Waals surface area contributed by atoms with Crippen LogP contribution in [0.2, 0.25) is 0 Å². The first-order valence-corrected chi connectivity index (χ1v) is 2.93. The van der Waals surface area contributed by atoms with Crippen molar-refractivity contribution in [2.24, 2.45) is 0 Å². The SMILES string of the molecule is O[C@H]1[C@H](O)COC(F)[C@H]1O. The van der Waals surface area contributed by atoms with E-state index in [1.54, 1.807) is 0 Å². The molecular weight excluding hydrogens is 143 g/mol. The summed E-state index contributed by atoms with van der Waals surface area (Å²) in [6, 6.07) is 0.